The van der Waals surface area contributed by atoms with Crippen LogP contribution < -0.4 is 0 Å². The standard InChI is InChI=1S/C10H16/c1-4-5-6-7-8-9-10(2)3/h4,7-9H,1,5-6H2,2-3H3. The Kier molecular flexibility index (Phi) is 5.85. The van der Waals surface area contributed by atoms with E-state index in [1.54, 1.807) is 0 Å². The quantitative estimate of drug-likeness (QED) is 0.315. The van der Waals surface area contributed by atoms with Crippen molar-refractivity contribution >= 4 is 0 Å². The van der Waals surface area contributed by atoms with Crippen LogP contribution in [0.25, 0.3) is 0 Å². The molecular weight excluding hydrogens is 120 g/mol. The first kappa shape index (κ1) is 9.22. The Bertz CT molecular complexity index is 134. The molecule has 0 fully saturated rings. The molecule has 0 saturated heterocycles. The summed E-state index contributed by atoms with van der Waals surface area (Å²) >= 11 is 0. The van der Waals surface area contributed by atoms with E-state index in [4.69, 9.17) is 0 Å². The van der Waals surface area contributed by atoms with Crippen molar-refractivity contribution in [2.24, 2.45) is 0 Å². The highest BCUT2D eigenvalue weighted by atomic mass is 13.8. The van der Waals surface area contributed by atoms with Crippen LogP contribution in [0.5, 0.6) is 0 Å². The normalized spacial score (nSPS) is 9.80. The molecule has 0 bridgehead atoms. The SMILES string of the molecule is C=CCCC=CC=C(C)C. The molecule has 0 aromatic heterocycles. The van der Waals surface area contributed by atoms with Crippen LogP contribution in [0.15, 0.2) is 36.5 Å². The second-order valence-electron chi connectivity index (χ2n) is 2.54. The molecule has 0 aliphatic rings. The van der Waals surface area contributed by atoms with Crippen molar-refractivity contribution in [1.29, 1.82) is 0 Å². The van der Waals surface area contributed by atoms with Crippen LogP contribution in [0.3, 0.4) is 0 Å². The van der Waals surface area contributed by atoms with Crippen molar-refractivity contribution < 1.29 is 0 Å². The average Bonchev–Trinajstić information content (AvgIpc) is 1.87. The molecule has 0 aromatic rings. The van der Waals surface area contributed by atoms with E-state index in [2.05, 4.69) is 38.7 Å². The van der Waals surface area contributed by atoms with E-state index >= 15 is 0 Å². The molecule has 0 aromatic carbocycles. The Hall–Kier alpha value is -0.780. The van der Waals surface area contributed by atoms with Gasteiger partial charge in [0.2, 0.25) is 0 Å². The Morgan fingerprint density at radius 1 is 1.30 bits per heavy atom. The van der Waals surface area contributed by atoms with E-state index in [9.17, 15) is 0 Å². The molecule has 0 atom stereocenters. The highest BCUT2D eigenvalue weighted by Crippen LogP contribution is 1.93. The Labute approximate surface area is 64.0 Å². The van der Waals surface area contributed by atoms with Gasteiger partial charge in [0.25, 0.3) is 0 Å². The molecule has 56 valence electrons. The molecule has 0 heterocycles. The van der Waals surface area contributed by atoms with Crippen molar-refractivity contribution in [3.05, 3.63) is 36.5 Å². The highest BCUT2D eigenvalue weighted by molar-refractivity contribution is 5.08. The van der Waals surface area contributed by atoms with Crippen LogP contribution in [0.4, 0.5) is 0 Å². The van der Waals surface area contributed by atoms with E-state index in [0.717, 1.165) is 12.8 Å². The molecule has 10 heavy (non-hydrogen) atoms. The summed E-state index contributed by atoms with van der Waals surface area (Å²) in [5.74, 6) is 0. The summed E-state index contributed by atoms with van der Waals surface area (Å²) in [7, 11) is 0. The van der Waals surface area contributed by atoms with Gasteiger partial charge < -0.3 is 0 Å². The minimum Gasteiger partial charge on any atom is -0.103 e. The zero-order valence-electron chi connectivity index (χ0n) is 6.93. The number of hydrogen-bond acceptors (Lipinski definition) is 0. The largest absolute Gasteiger partial charge is 0.103 e. The minimum absolute atomic E-state index is 1.08. The predicted molar refractivity (Wildman–Crippen MR) is 48.0 cm³/mol. The van der Waals surface area contributed by atoms with Gasteiger partial charge in [0.05, 0.1) is 0 Å². The van der Waals surface area contributed by atoms with Gasteiger partial charge in [0, 0.05) is 0 Å². The van der Waals surface area contributed by atoms with Crippen molar-refractivity contribution in [2.75, 3.05) is 0 Å². The lowest BCUT2D eigenvalue weighted by atomic mass is 10.2. The smallest absolute Gasteiger partial charge is 0.0313 e. The van der Waals surface area contributed by atoms with E-state index in [0.29, 0.717) is 0 Å². The first-order valence-electron chi connectivity index (χ1n) is 3.68. The minimum atomic E-state index is 1.08. The summed E-state index contributed by atoms with van der Waals surface area (Å²) in [6, 6.07) is 0. The highest BCUT2D eigenvalue weighted by Gasteiger charge is 1.73. The van der Waals surface area contributed by atoms with Crippen LogP contribution in [0, 0.1) is 0 Å². The third kappa shape index (κ3) is 7.22. The maximum absolute atomic E-state index is 3.64. The van der Waals surface area contributed by atoms with Crippen LogP contribution in [-0.4, -0.2) is 0 Å². The number of hydrogen-bond donors (Lipinski definition) is 0. The van der Waals surface area contributed by atoms with E-state index in [1.165, 1.54) is 5.57 Å². The van der Waals surface area contributed by atoms with Crippen LogP contribution in [0.1, 0.15) is 26.7 Å². The third-order valence-corrected chi connectivity index (χ3v) is 1.10. The summed E-state index contributed by atoms with van der Waals surface area (Å²) < 4.78 is 0. The Morgan fingerprint density at radius 3 is 2.50 bits per heavy atom. The zero-order chi connectivity index (χ0) is 7.82. The van der Waals surface area contributed by atoms with E-state index < -0.39 is 0 Å². The van der Waals surface area contributed by atoms with Crippen molar-refractivity contribution in [1.82, 2.24) is 0 Å². The molecular formula is C10H16. The van der Waals surface area contributed by atoms with Crippen molar-refractivity contribution in [2.45, 2.75) is 26.7 Å². The van der Waals surface area contributed by atoms with Crippen LogP contribution in [-0.2, 0) is 0 Å². The number of unbranched alkanes of at least 4 members (excludes halogenated alkanes) is 1. The molecule has 0 nitrogen and oxygen atoms in total. The van der Waals surface area contributed by atoms with Gasteiger partial charge in [-0.25, -0.2) is 0 Å². The molecule has 0 amide bonds. The fraction of sp³-hybridized carbons (Fsp3) is 0.400. The first-order valence-corrected chi connectivity index (χ1v) is 3.68. The number of allylic oxidation sites excluding steroid dienone is 5. The molecule has 0 N–H and O–H groups in total. The molecule has 0 radical (unpaired) electrons. The number of rotatable bonds is 4. The summed E-state index contributed by atoms with van der Waals surface area (Å²) in [5, 5.41) is 0. The van der Waals surface area contributed by atoms with Gasteiger partial charge in [-0.3, -0.25) is 0 Å². The summed E-state index contributed by atoms with van der Waals surface area (Å²) in [6.45, 7) is 7.83. The average molecular weight is 136 g/mol. The maximum Gasteiger partial charge on any atom is -0.0313 e. The van der Waals surface area contributed by atoms with Gasteiger partial charge in [-0.2, -0.15) is 0 Å². The fourth-order valence-electron chi connectivity index (χ4n) is 0.571. The van der Waals surface area contributed by atoms with Gasteiger partial charge in [0.1, 0.15) is 0 Å². The third-order valence-electron chi connectivity index (χ3n) is 1.10. The Morgan fingerprint density at radius 2 is 2.00 bits per heavy atom. The maximum atomic E-state index is 3.64. The lowest BCUT2D eigenvalue weighted by Crippen LogP contribution is -1.63. The second-order valence-corrected chi connectivity index (χ2v) is 2.54. The van der Waals surface area contributed by atoms with E-state index in [1.807, 2.05) is 6.08 Å². The van der Waals surface area contributed by atoms with Crippen LogP contribution >= 0.6 is 0 Å². The predicted octanol–water partition coefficient (Wildman–Crippen LogP) is 3.48. The first-order chi connectivity index (χ1) is 4.77. The van der Waals surface area contributed by atoms with Gasteiger partial charge in [-0.1, -0.05) is 29.9 Å². The van der Waals surface area contributed by atoms with Gasteiger partial charge in [-0.05, 0) is 26.7 Å². The Balaban J connectivity index is 3.37. The molecule has 0 saturated carbocycles. The van der Waals surface area contributed by atoms with Gasteiger partial charge >= 0.3 is 0 Å². The summed E-state index contributed by atoms with van der Waals surface area (Å²) in [5.41, 5.74) is 1.34. The molecule has 0 spiro atoms. The van der Waals surface area contributed by atoms with Crippen molar-refractivity contribution in [3.63, 3.8) is 0 Å². The summed E-state index contributed by atoms with van der Waals surface area (Å²) in [4.78, 5) is 0. The summed E-state index contributed by atoms with van der Waals surface area (Å²) in [6.07, 6.45) is 10.5. The zero-order valence-corrected chi connectivity index (χ0v) is 6.93. The van der Waals surface area contributed by atoms with Crippen LogP contribution in [0.2, 0.25) is 0 Å². The molecule has 0 aliphatic heterocycles. The molecule has 0 aliphatic carbocycles. The van der Waals surface area contributed by atoms with Crippen molar-refractivity contribution in [3.8, 4) is 0 Å². The van der Waals surface area contributed by atoms with E-state index in [-0.39, 0.29) is 0 Å². The second kappa shape index (κ2) is 6.34. The molecule has 0 unspecified atom stereocenters. The van der Waals surface area contributed by atoms with Gasteiger partial charge in [0.15, 0.2) is 0 Å². The monoisotopic (exact) mass is 136 g/mol. The topological polar surface area (TPSA) is 0 Å². The van der Waals surface area contributed by atoms with Gasteiger partial charge in [-0.15, -0.1) is 6.58 Å². The molecule has 0 rings (SSSR count). The molecule has 0 heteroatoms. The fourth-order valence-corrected chi connectivity index (χ4v) is 0.571. The lowest BCUT2D eigenvalue weighted by molar-refractivity contribution is 1.06. The lowest BCUT2D eigenvalue weighted by Gasteiger charge is -1.84.